The fourth-order valence-electron chi connectivity index (χ4n) is 4.19. The van der Waals surface area contributed by atoms with Gasteiger partial charge in [-0.25, -0.2) is 9.18 Å². The molecule has 0 radical (unpaired) electrons. The van der Waals surface area contributed by atoms with Crippen molar-refractivity contribution in [2.75, 3.05) is 6.54 Å². The van der Waals surface area contributed by atoms with Crippen molar-refractivity contribution < 1.29 is 14.8 Å². The number of aromatic nitrogens is 3. The molecule has 1 aliphatic heterocycles. The Bertz CT molecular complexity index is 1370. The molecule has 5 rings (SSSR count). The van der Waals surface area contributed by atoms with Gasteiger partial charge in [-0.15, -0.1) is 0 Å². The largest absolute Gasteiger partial charge is 0.859 e. The van der Waals surface area contributed by atoms with Crippen LogP contribution in [0.1, 0.15) is 22.9 Å². The van der Waals surface area contributed by atoms with Gasteiger partial charge in [0, 0.05) is 17.3 Å². The highest BCUT2D eigenvalue weighted by atomic mass is 19.1. The maximum Gasteiger partial charge on any atom is 0.332 e. The molecule has 0 saturated carbocycles. The Balaban J connectivity index is 1.77. The van der Waals surface area contributed by atoms with E-state index in [0.717, 1.165) is 34.6 Å². The number of hydrogen-bond donors (Lipinski definition) is 3. The number of nitrogens with one attached hydrogen (secondary N) is 2. The zero-order valence-electron chi connectivity index (χ0n) is 15.2. The molecule has 146 valence electrons. The summed E-state index contributed by atoms with van der Waals surface area (Å²) in [5.41, 5.74) is 0.744. The summed E-state index contributed by atoms with van der Waals surface area (Å²) in [5.74, 6) is -1.53. The Kier molecular flexibility index (Phi) is 3.88. The van der Waals surface area contributed by atoms with Gasteiger partial charge in [-0.2, -0.15) is 0 Å². The number of aromatic amines is 2. The minimum atomic E-state index is -0.957. The van der Waals surface area contributed by atoms with Gasteiger partial charge in [0.1, 0.15) is 5.82 Å². The van der Waals surface area contributed by atoms with Crippen molar-refractivity contribution in [3.8, 4) is 11.6 Å². The highest BCUT2D eigenvalue weighted by Gasteiger charge is 2.32. The molecular formula is C21H17FN4O3. The Labute approximate surface area is 163 Å². The Morgan fingerprint density at radius 3 is 2.66 bits per heavy atom. The van der Waals surface area contributed by atoms with Gasteiger partial charge in [-0.05, 0) is 29.6 Å². The minimum absolute atomic E-state index is 0.0969. The number of nitrogens with zero attached hydrogens (tertiary/aromatic N) is 1. The van der Waals surface area contributed by atoms with Crippen LogP contribution < -0.4 is 21.7 Å². The number of H-pyrrole nitrogens is 2. The number of rotatable bonds is 2. The van der Waals surface area contributed by atoms with Crippen molar-refractivity contribution in [3.05, 3.63) is 92.0 Å². The summed E-state index contributed by atoms with van der Waals surface area (Å²) in [6, 6.07) is 12.7. The van der Waals surface area contributed by atoms with E-state index in [1.54, 1.807) is 0 Å². The molecular weight excluding hydrogens is 375 g/mol. The number of nitrogens with two attached hydrogens (primary N) is 1. The fraction of sp³-hybridized carbons (Fsp3) is 0.143. The maximum absolute atomic E-state index is 14.3. The van der Waals surface area contributed by atoms with Gasteiger partial charge in [0.05, 0.1) is 23.5 Å². The fourth-order valence-corrected chi connectivity index (χ4v) is 4.19. The summed E-state index contributed by atoms with van der Waals surface area (Å²) in [6.07, 6.45) is 0.787. The van der Waals surface area contributed by atoms with Crippen LogP contribution in [0.3, 0.4) is 0 Å². The van der Waals surface area contributed by atoms with Crippen LogP contribution in [0, 0.1) is 5.82 Å². The molecule has 0 aliphatic carbocycles. The zero-order valence-corrected chi connectivity index (χ0v) is 15.2. The van der Waals surface area contributed by atoms with E-state index in [1.807, 2.05) is 29.6 Å². The molecule has 3 heterocycles. The monoisotopic (exact) mass is 392 g/mol. The van der Waals surface area contributed by atoms with Crippen LogP contribution in [0.5, 0.6) is 5.88 Å². The number of halogens is 1. The molecule has 7 nitrogen and oxygen atoms in total. The smallest absolute Gasteiger partial charge is 0.332 e. The Morgan fingerprint density at radius 1 is 1.07 bits per heavy atom. The van der Waals surface area contributed by atoms with Gasteiger partial charge in [-0.1, -0.05) is 30.3 Å². The summed E-state index contributed by atoms with van der Waals surface area (Å²) in [5, 5.41) is 16.2. The molecule has 8 heteroatoms. The first-order chi connectivity index (χ1) is 14.1. The predicted molar refractivity (Wildman–Crippen MR) is 103 cm³/mol. The zero-order chi connectivity index (χ0) is 20.1. The molecule has 0 spiro atoms. The van der Waals surface area contributed by atoms with E-state index in [-0.39, 0.29) is 11.3 Å². The molecule has 1 aliphatic rings. The van der Waals surface area contributed by atoms with Crippen molar-refractivity contribution in [1.29, 1.82) is 0 Å². The number of benzene rings is 2. The van der Waals surface area contributed by atoms with Gasteiger partial charge in [0.25, 0.3) is 5.56 Å². The first-order valence-corrected chi connectivity index (χ1v) is 9.30. The van der Waals surface area contributed by atoms with Crippen LogP contribution >= 0.6 is 0 Å². The molecule has 0 unspecified atom stereocenters. The van der Waals surface area contributed by atoms with Gasteiger partial charge in [-0.3, -0.25) is 14.3 Å². The average Bonchev–Trinajstić information content (AvgIpc) is 3.09. The van der Waals surface area contributed by atoms with Gasteiger partial charge >= 0.3 is 5.69 Å². The molecule has 1 atom stereocenters. The van der Waals surface area contributed by atoms with E-state index < -0.39 is 29.0 Å². The number of quaternary nitrogens is 1. The van der Waals surface area contributed by atoms with Crippen LogP contribution in [0.25, 0.3) is 16.6 Å². The van der Waals surface area contributed by atoms with Gasteiger partial charge < -0.3 is 15.4 Å². The lowest BCUT2D eigenvalue weighted by atomic mass is 9.95. The van der Waals surface area contributed by atoms with Crippen LogP contribution in [-0.2, 0) is 6.42 Å². The molecule has 29 heavy (non-hydrogen) atoms. The molecule has 0 fully saturated rings. The second kappa shape index (κ2) is 6.46. The highest BCUT2D eigenvalue weighted by molar-refractivity contribution is 5.85. The van der Waals surface area contributed by atoms with Crippen molar-refractivity contribution in [2.45, 2.75) is 12.5 Å². The number of hydrogen-bond acceptors (Lipinski definition) is 3. The van der Waals surface area contributed by atoms with Crippen molar-refractivity contribution >= 4 is 10.9 Å². The third kappa shape index (κ3) is 2.60. The second-order valence-electron chi connectivity index (χ2n) is 7.08. The molecule has 0 bridgehead atoms. The summed E-state index contributed by atoms with van der Waals surface area (Å²) >= 11 is 0. The summed E-state index contributed by atoms with van der Waals surface area (Å²) < 4.78 is 15.0. The lowest BCUT2D eigenvalue weighted by Gasteiger charge is -2.26. The minimum Gasteiger partial charge on any atom is -0.859 e. The summed E-state index contributed by atoms with van der Waals surface area (Å²) in [4.78, 5) is 30.5. The first-order valence-electron chi connectivity index (χ1n) is 9.30. The molecule has 4 aromatic rings. The first kappa shape index (κ1) is 17.4. The van der Waals surface area contributed by atoms with E-state index >= 15 is 0 Å². The van der Waals surface area contributed by atoms with Crippen molar-refractivity contribution in [1.82, 2.24) is 14.5 Å². The number of fused-ring (bicyclic) bond motifs is 3. The summed E-state index contributed by atoms with van der Waals surface area (Å²) in [7, 11) is 0. The summed E-state index contributed by atoms with van der Waals surface area (Å²) in [6.45, 7) is 0.678. The second-order valence-corrected chi connectivity index (χ2v) is 7.08. The van der Waals surface area contributed by atoms with E-state index in [4.69, 9.17) is 0 Å². The van der Waals surface area contributed by atoms with Crippen LogP contribution in [0.4, 0.5) is 4.39 Å². The molecule has 2 aromatic carbocycles. The van der Waals surface area contributed by atoms with Crippen LogP contribution in [-0.4, -0.2) is 21.1 Å². The highest BCUT2D eigenvalue weighted by Crippen LogP contribution is 2.31. The van der Waals surface area contributed by atoms with Gasteiger partial charge in [0.2, 0.25) is 0 Å². The third-order valence-electron chi connectivity index (χ3n) is 5.46. The van der Waals surface area contributed by atoms with E-state index in [2.05, 4.69) is 9.97 Å². The molecule has 0 amide bonds. The molecule has 4 N–H and O–H groups in total. The maximum atomic E-state index is 14.3. The van der Waals surface area contributed by atoms with Crippen LogP contribution in [0.2, 0.25) is 0 Å². The predicted octanol–water partition coefficient (Wildman–Crippen LogP) is 0.429. The van der Waals surface area contributed by atoms with E-state index in [0.29, 0.717) is 11.1 Å². The normalized spacial score (nSPS) is 16.1. The van der Waals surface area contributed by atoms with E-state index in [1.165, 1.54) is 18.2 Å². The molecule has 2 aromatic heterocycles. The van der Waals surface area contributed by atoms with Crippen molar-refractivity contribution in [2.24, 2.45) is 0 Å². The molecule has 0 saturated heterocycles. The van der Waals surface area contributed by atoms with Gasteiger partial charge in [0.15, 0.2) is 6.04 Å². The van der Waals surface area contributed by atoms with Crippen molar-refractivity contribution in [3.63, 3.8) is 0 Å². The topological polar surface area (TPSA) is 110 Å². The Hall–Kier alpha value is -3.65. The SMILES string of the molecule is O=c1[nH]c(=O)n(-c2ccccc2F)c([O-])c1[C@@H]1[NH2+]CCc2c1[nH]c1ccccc21. The van der Waals surface area contributed by atoms with Crippen LogP contribution in [0.15, 0.2) is 58.1 Å². The van der Waals surface area contributed by atoms with E-state index in [9.17, 15) is 19.1 Å². The lowest BCUT2D eigenvalue weighted by Crippen LogP contribution is -2.88. The Morgan fingerprint density at radius 2 is 1.83 bits per heavy atom. The third-order valence-corrected chi connectivity index (χ3v) is 5.46. The quantitative estimate of drug-likeness (QED) is 0.460. The standard InChI is InChI=1S/C21H17FN4O3/c22-13-6-2-4-8-15(13)26-20(28)16(19(27)25-21(26)29)18-17-12(9-10-23-18)11-5-1-3-7-14(11)24-17/h1-8,18,23-24,28H,9-10H2,(H,25,27,29)/t18-/m0/s1. The average molecular weight is 392 g/mol. The number of para-hydroxylation sites is 2. The lowest BCUT2D eigenvalue weighted by molar-refractivity contribution is -0.691.